The highest BCUT2D eigenvalue weighted by Crippen LogP contribution is 2.17. The van der Waals surface area contributed by atoms with Crippen LogP contribution in [0.2, 0.25) is 0 Å². The number of carbonyl (C=O) groups excluding carboxylic acids is 2. The lowest BCUT2D eigenvalue weighted by atomic mass is 10.0. The van der Waals surface area contributed by atoms with Crippen LogP contribution in [0, 0.1) is 0 Å². The number of unbranched alkanes of at least 4 members (excludes halogenated alkanes) is 2. The number of carbonyl (C=O) groups is 2. The number of aliphatic hydroxyl groups is 1. The molecular weight excluding hydrogens is 312 g/mol. The maximum atomic E-state index is 12.1. The van der Waals surface area contributed by atoms with Gasteiger partial charge >= 0.3 is 5.97 Å². The number of aromatic nitrogens is 1. The minimum Gasteiger partial charge on any atom is -0.464 e. The summed E-state index contributed by atoms with van der Waals surface area (Å²) in [7, 11) is 0. The van der Waals surface area contributed by atoms with Gasteiger partial charge < -0.3 is 19.9 Å². The van der Waals surface area contributed by atoms with E-state index in [1.165, 1.54) is 12.4 Å². The molecule has 0 aliphatic rings. The van der Waals surface area contributed by atoms with Crippen LogP contribution in [-0.4, -0.2) is 47.8 Å². The molecule has 24 heavy (non-hydrogen) atoms. The summed E-state index contributed by atoms with van der Waals surface area (Å²) in [4.78, 5) is 27.9. The molecule has 1 heterocycles. The van der Waals surface area contributed by atoms with Crippen molar-refractivity contribution in [2.45, 2.75) is 45.3 Å². The second kappa shape index (κ2) is 11.5. The minimum absolute atomic E-state index is 0.155. The molecule has 0 aliphatic heterocycles. The summed E-state index contributed by atoms with van der Waals surface area (Å²) >= 11 is 0. The maximum Gasteiger partial charge on any atom is 0.331 e. The predicted molar refractivity (Wildman–Crippen MR) is 88.1 cm³/mol. The number of nitrogens with zero attached hydrogens (tertiary/aromatic N) is 1. The molecule has 0 radical (unpaired) electrons. The molecule has 0 saturated carbocycles. The molecule has 0 saturated heterocycles. The third kappa shape index (κ3) is 7.06. The summed E-state index contributed by atoms with van der Waals surface area (Å²) in [6.07, 6.45) is 4.76. The third-order valence-corrected chi connectivity index (χ3v) is 3.35. The van der Waals surface area contributed by atoms with Gasteiger partial charge in [0.25, 0.3) is 0 Å². The zero-order valence-corrected chi connectivity index (χ0v) is 14.2. The number of esters is 1. The topological polar surface area (TPSA) is 97.8 Å². The Balaban J connectivity index is 2.62. The number of hydrogen-bond acceptors (Lipinski definition) is 6. The van der Waals surface area contributed by atoms with E-state index in [4.69, 9.17) is 9.47 Å². The quantitative estimate of drug-likeness (QED) is 0.467. The number of pyridine rings is 1. The molecule has 1 aromatic heterocycles. The molecule has 134 valence electrons. The fourth-order valence-electron chi connectivity index (χ4n) is 2.09. The molecule has 0 bridgehead atoms. The lowest BCUT2D eigenvalue weighted by molar-refractivity contribution is -0.151. The lowest BCUT2D eigenvalue weighted by Gasteiger charge is -2.22. The summed E-state index contributed by atoms with van der Waals surface area (Å²) < 4.78 is 10.2. The number of ether oxygens (including phenoxy) is 2. The van der Waals surface area contributed by atoms with E-state index in [9.17, 15) is 14.7 Å². The third-order valence-electron chi connectivity index (χ3n) is 3.35. The van der Waals surface area contributed by atoms with E-state index in [1.54, 1.807) is 19.1 Å². The smallest absolute Gasteiger partial charge is 0.331 e. The second-order valence-electron chi connectivity index (χ2n) is 5.28. The van der Waals surface area contributed by atoms with Gasteiger partial charge in [-0.3, -0.25) is 9.78 Å². The van der Waals surface area contributed by atoms with Crippen LogP contribution in [-0.2, 0) is 19.1 Å². The number of aliphatic hydroxyl groups excluding tert-OH is 1. The molecule has 7 nitrogen and oxygen atoms in total. The molecule has 1 aromatic rings. The van der Waals surface area contributed by atoms with Crippen molar-refractivity contribution >= 4 is 11.9 Å². The van der Waals surface area contributed by atoms with E-state index in [1.807, 2.05) is 0 Å². The van der Waals surface area contributed by atoms with Gasteiger partial charge in [-0.25, -0.2) is 4.79 Å². The molecule has 1 amide bonds. The lowest BCUT2D eigenvalue weighted by Crippen LogP contribution is -2.47. The first-order chi connectivity index (χ1) is 11.6. The molecule has 2 N–H and O–H groups in total. The summed E-state index contributed by atoms with van der Waals surface area (Å²) in [5.41, 5.74) is 0.465. The van der Waals surface area contributed by atoms with Crippen LogP contribution in [0.1, 0.15) is 44.8 Å². The van der Waals surface area contributed by atoms with Crippen LogP contribution < -0.4 is 5.32 Å². The molecule has 0 fully saturated rings. The maximum absolute atomic E-state index is 12.1. The van der Waals surface area contributed by atoms with E-state index in [0.717, 1.165) is 19.3 Å². The Labute approximate surface area is 142 Å². The van der Waals surface area contributed by atoms with Gasteiger partial charge in [-0.15, -0.1) is 0 Å². The Morgan fingerprint density at radius 1 is 1.25 bits per heavy atom. The standard InChI is InChI=1S/C17H26N2O5/c1-3-5-6-11-23-12-14(20)19-15(17(22)24-4-2)16(21)13-7-9-18-10-8-13/h7-10,15-16,21H,3-6,11-12H2,1-2H3,(H,19,20). The van der Waals surface area contributed by atoms with Gasteiger partial charge in [-0.2, -0.15) is 0 Å². The van der Waals surface area contributed by atoms with E-state index < -0.39 is 24.0 Å². The second-order valence-corrected chi connectivity index (χ2v) is 5.28. The number of amides is 1. The monoisotopic (exact) mass is 338 g/mol. The Morgan fingerprint density at radius 2 is 1.96 bits per heavy atom. The SMILES string of the molecule is CCCCCOCC(=O)NC(C(=O)OCC)C(O)c1ccncc1. The molecule has 2 unspecified atom stereocenters. The first kappa shape index (κ1) is 20.1. The molecule has 0 aliphatic carbocycles. The largest absolute Gasteiger partial charge is 0.464 e. The predicted octanol–water partition coefficient (Wildman–Crippen LogP) is 1.37. The van der Waals surface area contributed by atoms with Gasteiger partial charge in [-0.05, 0) is 31.0 Å². The zero-order valence-electron chi connectivity index (χ0n) is 14.2. The zero-order chi connectivity index (χ0) is 17.8. The van der Waals surface area contributed by atoms with Crippen LogP contribution >= 0.6 is 0 Å². The fourth-order valence-corrected chi connectivity index (χ4v) is 2.09. The van der Waals surface area contributed by atoms with Gasteiger partial charge in [0.2, 0.25) is 5.91 Å². The van der Waals surface area contributed by atoms with Crippen molar-refractivity contribution in [1.82, 2.24) is 10.3 Å². The van der Waals surface area contributed by atoms with Gasteiger partial charge in [0.1, 0.15) is 12.7 Å². The first-order valence-electron chi connectivity index (χ1n) is 8.21. The minimum atomic E-state index is -1.23. The molecule has 1 rings (SSSR count). The Kier molecular flexibility index (Phi) is 9.64. The van der Waals surface area contributed by atoms with E-state index >= 15 is 0 Å². The van der Waals surface area contributed by atoms with Crippen molar-refractivity contribution < 1.29 is 24.2 Å². The number of hydrogen-bond donors (Lipinski definition) is 2. The fraction of sp³-hybridized carbons (Fsp3) is 0.588. The molecular formula is C17H26N2O5. The molecule has 7 heteroatoms. The average molecular weight is 338 g/mol. The number of rotatable bonds is 11. The van der Waals surface area contributed by atoms with Crippen LogP contribution in [0.3, 0.4) is 0 Å². The van der Waals surface area contributed by atoms with Gasteiger partial charge in [0.05, 0.1) is 6.61 Å². The highest BCUT2D eigenvalue weighted by Gasteiger charge is 2.31. The molecule has 0 aromatic carbocycles. The molecule has 0 spiro atoms. The summed E-state index contributed by atoms with van der Waals surface area (Å²) in [5.74, 6) is -1.17. The van der Waals surface area contributed by atoms with Gasteiger partial charge in [0.15, 0.2) is 6.04 Å². The van der Waals surface area contributed by atoms with Crippen molar-refractivity contribution in [3.63, 3.8) is 0 Å². The van der Waals surface area contributed by atoms with Crippen LogP contribution in [0.4, 0.5) is 0 Å². The van der Waals surface area contributed by atoms with Gasteiger partial charge in [0, 0.05) is 19.0 Å². The van der Waals surface area contributed by atoms with Crippen molar-refractivity contribution in [3.05, 3.63) is 30.1 Å². The Hall–Kier alpha value is -1.99. The van der Waals surface area contributed by atoms with Crippen molar-refractivity contribution in [2.75, 3.05) is 19.8 Å². The van der Waals surface area contributed by atoms with Crippen LogP contribution in [0.25, 0.3) is 0 Å². The van der Waals surface area contributed by atoms with E-state index in [-0.39, 0.29) is 13.2 Å². The summed E-state index contributed by atoms with van der Waals surface area (Å²) in [6.45, 7) is 4.21. The first-order valence-corrected chi connectivity index (χ1v) is 8.21. The van der Waals surface area contributed by atoms with Crippen LogP contribution in [0.5, 0.6) is 0 Å². The van der Waals surface area contributed by atoms with Gasteiger partial charge in [-0.1, -0.05) is 19.8 Å². The molecule has 2 atom stereocenters. The van der Waals surface area contributed by atoms with Crippen LogP contribution in [0.15, 0.2) is 24.5 Å². The Bertz CT molecular complexity index is 495. The normalized spacial score (nSPS) is 13.1. The Morgan fingerprint density at radius 3 is 2.58 bits per heavy atom. The van der Waals surface area contributed by atoms with E-state index in [0.29, 0.717) is 12.2 Å². The highest BCUT2D eigenvalue weighted by atomic mass is 16.5. The van der Waals surface area contributed by atoms with Crippen molar-refractivity contribution in [2.24, 2.45) is 0 Å². The van der Waals surface area contributed by atoms with Crippen molar-refractivity contribution in [3.8, 4) is 0 Å². The van der Waals surface area contributed by atoms with Crippen molar-refractivity contribution in [1.29, 1.82) is 0 Å². The number of nitrogens with one attached hydrogen (secondary N) is 1. The summed E-state index contributed by atoms with van der Waals surface area (Å²) in [5, 5.41) is 12.9. The summed E-state index contributed by atoms with van der Waals surface area (Å²) in [6, 6.07) is 1.95. The average Bonchev–Trinajstić information content (AvgIpc) is 2.60. The van der Waals surface area contributed by atoms with E-state index in [2.05, 4.69) is 17.2 Å². The highest BCUT2D eigenvalue weighted by molar-refractivity contribution is 5.85.